The lowest BCUT2D eigenvalue weighted by Crippen LogP contribution is -2.29. The molecule has 7 heteroatoms. The van der Waals surface area contributed by atoms with Crippen molar-refractivity contribution in [3.8, 4) is 5.75 Å². The smallest absolute Gasteiger partial charge is 0.240 e. The number of nitrogens with zero attached hydrogens (tertiary/aromatic N) is 1. The second kappa shape index (κ2) is 8.52. The molecule has 5 nitrogen and oxygen atoms in total. The van der Waals surface area contributed by atoms with Gasteiger partial charge in [0.2, 0.25) is 10.0 Å². The first-order valence-corrected chi connectivity index (χ1v) is 10.2. The first kappa shape index (κ1) is 19.4. The summed E-state index contributed by atoms with van der Waals surface area (Å²) in [4.78, 5) is 4.31. The summed E-state index contributed by atoms with van der Waals surface area (Å²) in [6.45, 7) is 0.220. The molecule has 1 atom stereocenters. The van der Waals surface area contributed by atoms with E-state index in [2.05, 4.69) is 9.71 Å². The molecule has 140 valence electrons. The first-order valence-electron chi connectivity index (χ1n) is 8.37. The molecule has 0 aliphatic heterocycles. The molecule has 3 rings (SSSR count). The van der Waals surface area contributed by atoms with Gasteiger partial charge in [-0.2, -0.15) is 0 Å². The van der Waals surface area contributed by atoms with Gasteiger partial charge >= 0.3 is 0 Å². The van der Waals surface area contributed by atoms with Crippen molar-refractivity contribution < 1.29 is 13.5 Å². The fourth-order valence-corrected chi connectivity index (χ4v) is 3.96. The Morgan fingerprint density at radius 3 is 2.37 bits per heavy atom. The summed E-state index contributed by atoms with van der Waals surface area (Å²) in [6, 6.07) is 16.7. The van der Waals surface area contributed by atoms with Gasteiger partial charge in [-0.1, -0.05) is 29.8 Å². The third kappa shape index (κ3) is 5.29. The topological polar surface area (TPSA) is 79.3 Å². The van der Waals surface area contributed by atoms with E-state index in [1.807, 2.05) is 24.3 Å². The van der Waals surface area contributed by atoms with Gasteiger partial charge in [-0.3, -0.25) is 4.98 Å². The normalized spacial score (nSPS) is 12.6. The van der Waals surface area contributed by atoms with Gasteiger partial charge in [0.15, 0.2) is 0 Å². The predicted molar refractivity (Wildman–Crippen MR) is 105 cm³/mol. The third-order valence-corrected chi connectivity index (χ3v) is 5.91. The maximum absolute atomic E-state index is 12.6. The summed E-state index contributed by atoms with van der Waals surface area (Å²) in [7, 11) is -3.65. The molecule has 0 bridgehead atoms. The second-order valence-electron chi connectivity index (χ2n) is 6.16. The Balaban J connectivity index is 1.79. The Morgan fingerprint density at radius 2 is 1.74 bits per heavy atom. The number of aromatic hydroxyl groups is 1. The lowest BCUT2D eigenvalue weighted by molar-refractivity contribution is 0.475. The van der Waals surface area contributed by atoms with Gasteiger partial charge in [0.25, 0.3) is 0 Å². The third-order valence-electron chi connectivity index (χ3n) is 4.22. The van der Waals surface area contributed by atoms with Crippen molar-refractivity contribution in [2.45, 2.75) is 17.2 Å². The van der Waals surface area contributed by atoms with Crippen LogP contribution in [-0.4, -0.2) is 25.1 Å². The number of aromatic nitrogens is 1. The van der Waals surface area contributed by atoms with Gasteiger partial charge in [0, 0.05) is 29.9 Å². The average molecular weight is 403 g/mol. The van der Waals surface area contributed by atoms with Crippen molar-refractivity contribution >= 4 is 21.6 Å². The zero-order valence-electron chi connectivity index (χ0n) is 14.4. The number of halogens is 1. The maximum Gasteiger partial charge on any atom is 0.240 e. The zero-order chi connectivity index (χ0) is 19.3. The molecule has 27 heavy (non-hydrogen) atoms. The van der Waals surface area contributed by atoms with Crippen LogP contribution in [0, 0.1) is 0 Å². The van der Waals surface area contributed by atoms with Crippen LogP contribution in [0.3, 0.4) is 0 Å². The molecule has 0 aliphatic rings. The van der Waals surface area contributed by atoms with Gasteiger partial charge in [-0.25, -0.2) is 13.1 Å². The Kier molecular flexibility index (Phi) is 6.11. The first-order chi connectivity index (χ1) is 12.9. The monoisotopic (exact) mass is 402 g/mol. The highest BCUT2D eigenvalue weighted by atomic mass is 35.5. The molecule has 0 radical (unpaired) electrons. The molecule has 1 heterocycles. The SMILES string of the molecule is O=S(=O)(NCC(Cc1ccc(O)cc1)c1cccnc1)c1ccc(Cl)cc1. The van der Waals surface area contributed by atoms with Crippen LogP contribution in [0.5, 0.6) is 5.75 Å². The molecule has 0 saturated carbocycles. The van der Waals surface area contributed by atoms with E-state index >= 15 is 0 Å². The van der Waals surface area contributed by atoms with E-state index in [4.69, 9.17) is 11.6 Å². The standard InChI is InChI=1S/C20H19ClN2O3S/c21-18-5-9-20(10-6-18)27(25,26)23-14-17(16-2-1-11-22-13-16)12-15-3-7-19(24)8-4-15/h1-11,13,17,23-24H,12,14H2. The zero-order valence-corrected chi connectivity index (χ0v) is 16.0. The van der Waals surface area contributed by atoms with E-state index in [9.17, 15) is 13.5 Å². The minimum Gasteiger partial charge on any atom is -0.508 e. The van der Waals surface area contributed by atoms with Crippen molar-refractivity contribution in [1.82, 2.24) is 9.71 Å². The number of phenols is 1. The number of phenolic OH excluding ortho intramolecular Hbond substituents is 1. The number of benzene rings is 2. The molecular formula is C20H19ClN2O3S. The fraction of sp³-hybridized carbons (Fsp3) is 0.150. The lowest BCUT2D eigenvalue weighted by Gasteiger charge is -2.18. The van der Waals surface area contributed by atoms with Crippen LogP contribution >= 0.6 is 11.6 Å². The molecular weight excluding hydrogens is 384 g/mol. The Labute approximate surface area is 163 Å². The van der Waals surface area contributed by atoms with E-state index in [1.165, 1.54) is 12.1 Å². The number of nitrogens with one attached hydrogen (secondary N) is 1. The molecule has 0 aliphatic carbocycles. The van der Waals surface area contributed by atoms with Crippen LogP contribution in [-0.2, 0) is 16.4 Å². The summed E-state index contributed by atoms with van der Waals surface area (Å²) < 4.78 is 27.8. The molecule has 1 aromatic heterocycles. The Bertz CT molecular complexity index is 976. The molecule has 0 spiro atoms. The number of hydrogen-bond donors (Lipinski definition) is 2. The molecule has 3 aromatic rings. The summed E-state index contributed by atoms with van der Waals surface area (Å²) in [5, 5.41) is 9.93. The number of rotatable bonds is 7. The average Bonchev–Trinajstić information content (AvgIpc) is 2.68. The quantitative estimate of drug-likeness (QED) is 0.630. The van der Waals surface area contributed by atoms with Crippen LogP contribution in [0.25, 0.3) is 0 Å². The molecule has 1 unspecified atom stereocenters. The fourth-order valence-electron chi connectivity index (χ4n) is 2.75. The van der Waals surface area contributed by atoms with E-state index in [0.29, 0.717) is 11.4 Å². The van der Waals surface area contributed by atoms with E-state index in [-0.39, 0.29) is 23.1 Å². The highest BCUT2D eigenvalue weighted by Crippen LogP contribution is 2.22. The largest absolute Gasteiger partial charge is 0.508 e. The van der Waals surface area contributed by atoms with Crippen molar-refractivity contribution in [2.24, 2.45) is 0 Å². The van der Waals surface area contributed by atoms with Gasteiger partial charge in [-0.15, -0.1) is 0 Å². The number of sulfonamides is 1. The van der Waals surface area contributed by atoms with Gasteiger partial charge in [-0.05, 0) is 60.0 Å². The number of hydrogen-bond acceptors (Lipinski definition) is 4. The minimum atomic E-state index is -3.65. The summed E-state index contributed by atoms with van der Waals surface area (Å²) >= 11 is 5.83. The molecule has 0 saturated heterocycles. The molecule has 2 N–H and O–H groups in total. The summed E-state index contributed by atoms with van der Waals surface area (Å²) in [6.07, 6.45) is 4.02. The van der Waals surface area contributed by atoms with Crippen molar-refractivity contribution in [3.05, 3.63) is 89.2 Å². The van der Waals surface area contributed by atoms with Crippen LogP contribution in [0.4, 0.5) is 0 Å². The number of pyridine rings is 1. The molecule has 0 amide bonds. The predicted octanol–water partition coefficient (Wildman–Crippen LogP) is 3.75. The molecule has 2 aromatic carbocycles. The Hall–Kier alpha value is -2.41. The summed E-state index contributed by atoms with van der Waals surface area (Å²) in [5.74, 6) is 0.0884. The highest BCUT2D eigenvalue weighted by Gasteiger charge is 2.19. The van der Waals surface area contributed by atoms with E-state index in [0.717, 1.165) is 11.1 Å². The van der Waals surface area contributed by atoms with Crippen LogP contribution < -0.4 is 4.72 Å². The van der Waals surface area contributed by atoms with Gasteiger partial charge in [0.1, 0.15) is 5.75 Å². The van der Waals surface area contributed by atoms with E-state index < -0.39 is 10.0 Å². The minimum absolute atomic E-state index is 0.106. The van der Waals surface area contributed by atoms with Crippen molar-refractivity contribution in [1.29, 1.82) is 0 Å². The molecule has 0 fully saturated rings. The second-order valence-corrected chi connectivity index (χ2v) is 8.36. The van der Waals surface area contributed by atoms with Crippen molar-refractivity contribution in [2.75, 3.05) is 6.54 Å². The lowest BCUT2D eigenvalue weighted by atomic mass is 9.93. The van der Waals surface area contributed by atoms with Gasteiger partial charge < -0.3 is 5.11 Å². The van der Waals surface area contributed by atoms with E-state index in [1.54, 1.807) is 36.7 Å². The van der Waals surface area contributed by atoms with Crippen LogP contribution in [0.15, 0.2) is 78.0 Å². The Morgan fingerprint density at radius 1 is 1.04 bits per heavy atom. The van der Waals surface area contributed by atoms with Crippen molar-refractivity contribution in [3.63, 3.8) is 0 Å². The van der Waals surface area contributed by atoms with Crippen LogP contribution in [0.1, 0.15) is 17.0 Å². The van der Waals surface area contributed by atoms with Crippen LogP contribution in [0.2, 0.25) is 5.02 Å². The maximum atomic E-state index is 12.6. The van der Waals surface area contributed by atoms with Gasteiger partial charge in [0.05, 0.1) is 4.90 Å². The summed E-state index contributed by atoms with van der Waals surface area (Å²) in [5.41, 5.74) is 1.93. The highest BCUT2D eigenvalue weighted by molar-refractivity contribution is 7.89.